The molecule has 0 bridgehead atoms. The number of halogens is 1. The second-order valence-electron chi connectivity index (χ2n) is 7.85. The summed E-state index contributed by atoms with van der Waals surface area (Å²) in [7, 11) is 0. The highest BCUT2D eigenvalue weighted by molar-refractivity contribution is 7.98. The zero-order chi connectivity index (χ0) is 22.1. The SMILES string of the molecule is Cc1ccc(C)c(CSc2ncnc3c2c(-c2ccccc2)cn3-c2ccc(F)cc2)c1. The minimum absolute atomic E-state index is 0.257. The molecule has 0 atom stereocenters. The van der Waals surface area contributed by atoms with Crippen molar-refractivity contribution in [2.24, 2.45) is 0 Å². The predicted octanol–water partition coefficient (Wildman–Crippen LogP) is 7.14. The van der Waals surface area contributed by atoms with Crippen molar-refractivity contribution in [3.63, 3.8) is 0 Å². The summed E-state index contributed by atoms with van der Waals surface area (Å²) in [5, 5.41) is 1.95. The highest BCUT2D eigenvalue weighted by Gasteiger charge is 2.18. The number of nitrogens with zero attached hydrogens (tertiary/aromatic N) is 3. The molecule has 5 rings (SSSR count). The van der Waals surface area contributed by atoms with Gasteiger partial charge in [0.1, 0.15) is 22.8 Å². The Hall–Kier alpha value is -3.44. The van der Waals surface area contributed by atoms with Gasteiger partial charge in [-0.3, -0.25) is 0 Å². The minimum atomic E-state index is -0.257. The van der Waals surface area contributed by atoms with Crippen LogP contribution < -0.4 is 0 Å². The molecule has 2 heterocycles. The first-order valence-electron chi connectivity index (χ1n) is 10.5. The minimum Gasteiger partial charge on any atom is -0.301 e. The van der Waals surface area contributed by atoms with Crippen molar-refractivity contribution in [1.82, 2.24) is 14.5 Å². The Kier molecular flexibility index (Phi) is 5.50. The molecule has 0 aliphatic carbocycles. The van der Waals surface area contributed by atoms with E-state index in [1.807, 2.05) is 22.8 Å². The third-order valence-corrected chi connectivity index (χ3v) is 6.65. The molecular formula is C27H22FN3S. The van der Waals surface area contributed by atoms with Crippen molar-refractivity contribution >= 4 is 22.8 Å². The molecule has 0 N–H and O–H groups in total. The zero-order valence-corrected chi connectivity index (χ0v) is 18.7. The van der Waals surface area contributed by atoms with Gasteiger partial charge >= 0.3 is 0 Å². The van der Waals surface area contributed by atoms with Crippen molar-refractivity contribution in [2.75, 3.05) is 0 Å². The molecule has 0 spiro atoms. The highest BCUT2D eigenvalue weighted by Crippen LogP contribution is 2.38. The van der Waals surface area contributed by atoms with Gasteiger partial charge in [-0.25, -0.2) is 14.4 Å². The molecule has 0 saturated heterocycles. The lowest BCUT2D eigenvalue weighted by Gasteiger charge is -2.09. The quantitative estimate of drug-likeness (QED) is 0.215. The van der Waals surface area contributed by atoms with Crippen LogP contribution in [0.2, 0.25) is 0 Å². The van der Waals surface area contributed by atoms with Gasteiger partial charge in [0, 0.05) is 23.2 Å². The van der Waals surface area contributed by atoms with Gasteiger partial charge in [0.2, 0.25) is 0 Å². The number of fused-ring (bicyclic) bond motifs is 1. The van der Waals surface area contributed by atoms with Crippen LogP contribution in [-0.4, -0.2) is 14.5 Å². The van der Waals surface area contributed by atoms with Crippen molar-refractivity contribution in [2.45, 2.75) is 24.6 Å². The van der Waals surface area contributed by atoms with Crippen LogP contribution in [0.3, 0.4) is 0 Å². The summed E-state index contributed by atoms with van der Waals surface area (Å²) in [6, 6.07) is 23.3. The van der Waals surface area contributed by atoms with Gasteiger partial charge in [0.25, 0.3) is 0 Å². The van der Waals surface area contributed by atoms with Gasteiger partial charge in [-0.2, -0.15) is 0 Å². The number of thioether (sulfide) groups is 1. The van der Waals surface area contributed by atoms with Gasteiger partial charge < -0.3 is 4.57 Å². The number of hydrogen-bond acceptors (Lipinski definition) is 3. The third kappa shape index (κ3) is 3.92. The van der Waals surface area contributed by atoms with E-state index in [2.05, 4.69) is 60.3 Å². The summed E-state index contributed by atoms with van der Waals surface area (Å²) in [6.07, 6.45) is 3.69. The number of hydrogen-bond donors (Lipinski definition) is 0. The maximum Gasteiger partial charge on any atom is 0.149 e. The summed E-state index contributed by atoms with van der Waals surface area (Å²) >= 11 is 1.72. The van der Waals surface area contributed by atoms with Crippen LogP contribution in [0.25, 0.3) is 27.8 Å². The van der Waals surface area contributed by atoms with Gasteiger partial charge in [-0.1, -0.05) is 54.1 Å². The molecule has 0 aliphatic rings. The largest absolute Gasteiger partial charge is 0.301 e. The van der Waals surface area contributed by atoms with Crippen molar-refractivity contribution in [1.29, 1.82) is 0 Å². The van der Waals surface area contributed by atoms with Crippen LogP contribution in [0.4, 0.5) is 4.39 Å². The third-order valence-electron chi connectivity index (χ3n) is 5.61. The molecule has 32 heavy (non-hydrogen) atoms. The fourth-order valence-corrected chi connectivity index (χ4v) is 4.95. The van der Waals surface area contributed by atoms with Crippen molar-refractivity contribution in [3.8, 4) is 16.8 Å². The Morgan fingerprint density at radius 1 is 0.906 bits per heavy atom. The van der Waals surface area contributed by atoms with Gasteiger partial charge in [0.05, 0.1) is 5.39 Å². The van der Waals surface area contributed by atoms with Crippen LogP contribution in [0.5, 0.6) is 0 Å². The Morgan fingerprint density at radius 2 is 1.69 bits per heavy atom. The molecule has 0 amide bonds. The van der Waals surface area contributed by atoms with Gasteiger partial charge in [-0.05, 0) is 54.8 Å². The molecule has 0 aliphatic heterocycles. The summed E-state index contributed by atoms with van der Waals surface area (Å²) in [6.45, 7) is 4.26. The Balaban J connectivity index is 1.65. The molecule has 2 aromatic heterocycles. The fourth-order valence-electron chi connectivity index (χ4n) is 3.88. The highest BCUT2D eigenvalue weighted by atomic mass is 32.2. The lowest BCUT2D eigenvalue weighted by atomic mass is 10.1. The number of aromatic nitrogens is 3. The summed E-state index contributed by atoms with van der Waals surface area (Å²) < 4.78 is 15.5. The van der Waals surface area contributed by atoms with E-state index in [4.69, 9.17) is 0 Å². The van der Waals surface area contributed by atoms with Crippen LogP contribution >= 0.6 is 11.8 Å². The average Bonchev–Trinajstić information content (AvgIpc) is 3.21. The molecule has 3 aromatic carbocycles. The second-order valence-corrected chi connectivity index (χ2v) is 8.82. The molecule has 158 valence electrons. The number of benzene rings is 3. The average molecular weight is 440 g/mol. The topological polar surface area (TPSA) is 30.7 Å². The van der Waals surface area contributed by atoms with Crippen LogP contribution in [0, 0.1) is 19.7 Å². The molecule has 0 saturated carbocycles. The number of rotatable bonds is 5. The maximum absolute atomic E-state index is 13.5. The van der Waals surface area contributed by atoms with Gasteiger partial charge in [-0.15, -0.1) is 11.8 Å². The molecule has 5 aromatic rings. The lowest BCUT2D eigenvalue weighted by Crippen LogP contribution is -1.95. The van der Waals surface area contributed by atoms with Crippen LogP contribution in [0.15, 0.2) is 90.3 Å². The van der Waals surface area contributed by atoms with E-state index in [0.717, 1.165) is 38.6 Å². The Labute approximate surface area is 191 Å². The second kappa shape index (κ2) is 8.60. The van der Waals surface area contributed by atoms with E-state index < -0.39 is 0 Å². The van der Waals surface area contributed by atoms with Crippen molar-refractivity contribution < 1.29 is 4.39 Å². The molecule has 0 unspecified atom stereocenters. The van der Waals surface area contributed by atoms with Crippen molar-refractivity contribution in [3.05, 3.63) is 108 Å². The van der Waals surface area contributed by atoms with E-state index in [0.29, 0.717) is 0 Å². The first kappa shape index (κ1) is 20.5. The zero-order valence-electron chi connectivity index (χ0n) is 17.9. The first-order chi connectivity index (χ1) is 15.6. The Bertz CT molecular complexity index is 1390. The predicted molar refractivity (Wildman–Crippen MR) is 130 cm³/mol. The monoisotopic (exact) mass is 439 g/mol. The standard InChI is InChI=1S/C27H22FN3S/c1-18-8-9-19(2)21(14-18)16-32-27-25-24(20-6-4-3-5-7-20)15-31(26(25)29-17-30-27)23-12-10-22(28)11-13-23/h3-15,17H,16H2,1-2H3. The summed E-state index contributed by atoms with van der Waals surface area (Å²) in [4.78, 5) is 9.28. The van der Waals surface area contributed by atoms with E-state index in [9.17, 15) is 4.39 Å². The summed E-state index contributed by atoms with van der Waals surface area (Å²) in [5.41, 5.74) is 7.68. The van der Waals surface area contributed by atoms with E-state index in [1.165, 1.54) is 28.8 Å². The van der Waals surface area contributed by atoms with Crippen LogP contribution in [0.1, 0.15) is 16.7 Å². The van der Waals surface area contributed by atoms with Crippen LogP contribution in [-0.2, 0) is 5.75 Å². The molecule has 0 radical (unpaired) electrons. The smallest absolute Gasteiger partial charge is 0.149 e. The lowest BCUT2D eigenvalue weighted by molar-refractivity contribution is 0.627. The normalized spacial score (nSPS) is 11.2. The number of aryl methyl sites for hydroxylation is 2. The van der Waals surface area contributed by atoms with Gasteiger partial charge in [0.15, 0.2) is 0 Å². The molecule has 5 heteroatoms. The van der Waals surface area contributed by atoms with E-state index in [-0.39, 0.29) is 5.82 Å². The molecule has 0 fully saturated rings. The maximum atomic E-state index is 13.5. The molecular weight excluding hydrogens is 417 g/mol. The molecule has 3 nitrogen and oxygen atoms in total. The Morgan fingerprint density at radius 3 is 2.47 bits per heavy atom. The fraction of sp³-hybridized carbons (Fsp3) is 0.111. The van der Waals surface area contributed by atoms with E-state index in [1.54, 1.807) is 30.2 Å². The first-order valence-corrected chi connectivity index (χ1v) is 11.4. The summed E-state index contributed by atoms with van der Waals surface area (Å²) in [5.74, 6) is 0.572. The van der Waals surface area contributed by atoms with E-state index >= 15 is 0 Å².